The number of benzene rings is 5. The van der Waals surface area contributed by atoms with Crippen LogP contribution in [0.25, 0.3) is 43.8 Å². The summed E-state index contributed by atoms with van der Waals surface area (Å²) in [7, 11) is 0. The maximum atomic E-state index is 2.25. The largest absolute Gasteiger partial charge is 0.0622 e. The van der Waals surface area contributed by atoms with Crippen LogP contribution in [0.4, 0.5) is 0 Å². The molecule has 0 aliphatic carbocycles. The van der Waals surface area contributed by atoms with E-state index in [0.717, 1.165) is 0 Å². The van der Waals surface area contributed by atoms with Crippen molar-refractivity contribution in [1.82, 2.24) is 0 Å². The Morgan fingerprint density at radius 3 is 1.30 bits per heavy atom. The van der Waals surface area contributed by atoms with Crippen molar-refractivity contribution in [2.75, 3.05) is 0 Å². The molecule has 0 N–H and O–H groups in total. The highest BCUT2D eigenvalue weighted by molar-refractivity contribution is 6.21. The minimum absolute atomic E-state index is 1.26. The molecule has 0 aliphatic heterocycles. The lowest BCUT2D eigenvalue weighted by molar-refractivity contribution is 1.47. The Bertz CT molecular complexity index is 1250. The fraction of sp³-hybridized carbons (Fsp3) is 0.0370. The van der Waals surface area contributed by atoms with Gasteiger partial charge in [-0.2, -0.15) is 0 Å². The lowest BCUT2D eigenvalue weighted by Gasteiger charge is -2.18. The van der Waals surface area contributed by atoms with Gasteiger partial charge in [0, 0.05) is 0 Å². The molecule has 0 spiro atoms. The summed E-state index contributed by atoms with van der Waals surface area (Å²) in [5.74, 6) is 0. The molecule has 0 nitrogen and oxygen atoms in total. The molecular formula is C27H20. The Labute approximate surface area is 159 Å². The van der Waals surface area contributed by atoms with Crippen LogP contribution in [0.5, 0.6) is 0 Å². The van der Waals surface area contributed by atoms with Crippen molar-refractivity contribution in [2.45, 2.75) is 6.92 Å². The van der Waals surface area contributed by atoms with E-state index in [-0.39, 0.29) is 0 Å². The molecule has 0 heterocycles. The Hall–Kier alpha value is -3.38. The summed E-state index contributed by atoms with van der Waals surface area (Å²) in [5.41, 5.74) is 6.44. The van der Waals surface area contributed by atoms with E-state index in [2.05, 4.69) is 110 Å². The Morgan fingerprint density at radius 2 is 0.778 bits per heavy atom. The SMILES string of the molecule is Cc1ccc(-c2c(-c3ccccc3)c3ccccc3c3ccccc23)cc1. The van der Waals surface area contributed by atoms with Crippen molar-refractivity contribution >= 4 is 21.5 Å². The Morgan fingerprint density at radius 1 is 0.370 bits per heavy atom. The number of hydrogen-bond donors (Lipinski definition) is 0. The maximum absolute atomic E-state index is 2.25. The molecule has 0 heteroatoms. The van der Waals surface area contributed by atoms with Crippen molar-refractivity contribution in [3.63, 3.8) is 0 Å². The van der Waals surface area contributed by atoms with Crippen molar-refractivity contribution in [3.8, 4) is 22.3 Å². The van der Waals surface area contributed by atoms with Gasteiger partial charge >= 0.3 is 0 Å². The second-order valence-corrected chi connectivity index (χ2v) is 7.07. The predicted octanol–water partition coefficient (Wildman–Crippen LogP) is 7.64. The fourth-order valence-electron chi connectivity index (χ4n) is 4.07. The van der Waals surface area contributed by atoms with Gasteiger partial charge in [0.25, 0.3) is 0 Å². The predicted molar refractivity (Wildman–Crippen MR) is 117 cm³/mol. The standard InChI is InChI=1S/C27H20/c1-19-15-17-21(18-16-19)27-25-14-8-6-12-23(25)22-11-5-7-13-24(22)26(27)20-9-3-2-4-10-20/h2-18H,1H3. The maximum Gasteiger partial charge on any atom is -0.00203 e. The van der Waals surface area contributed by atoms with Gasteiger partial charge in [0.15, 0.2) is 0 Å². The lowest BCUT2D eigenvalue weighted by atomic mass is 9.85. The van der Waals surface area contributed by atoms with Gasteiger partial charge in [-0.05, 0) is 50.7 Å². The van der Waals surface area contributed by atoms with Crippen LogP contribution in [0.3, 0.4) is 0 Å². The molecule has 0 saturated carbocycles. The molecule has 0 aliphatic rings. The minimum atomic E-state index is 1.26. The van der Waals surface area contributed by atoms with Gasteiger partial charge in [-0.15, -0.1) is 0 Å². The number of rotatable bonds is 2. The first kappa shape index (κ1) is 15.8. The highest BCUT2D eigenvalue weighted by atomic mass is 14.2. The van der Waals surface area contributed by atoms with Crippen LogP contribution >= 0.6 is 0 Å². The van der Waals surface area contributed by atoms with Crippen LogP contribution in [-0.4, -0.2) is 0 Å². The van der Waals surface area contributed by atoms with Gasteiger partial charge in [-0.1, -0.05) is 109 Å². The lowest BCUT2D eigenvalue weighted by Crippen LogP contribution is -1.91. The van der Waals surface area contributed by atoms with Crippen LogP contribution < -0.4 is 0 Å². The molecule has 0 aromatic heterocycles. The second-order valence-electron chi connectivity index (χ2n) is 7.07. The average molecular weight is 344 g/mol. The van der Waals surface area contributed by atoms with Gasteiger partial charge < -0.3 is 0 Å². The van der Waals surface area contributed by atoms with Gasteiger partial charge in [-0.3, -0.25) is 0 Å². The summed E-state index contributed by atoms with van der Waals surface area (Å²) < 4.78 is 0. The Kier molecular flexibility index (Phi) is 3.76. The van der Waals surface area contributed by atoms with Crippen LogP contribution in [-0.2, 0) is 0 Å². The molecule has 0 bridgehead atoms. The molecule has 0 unspecified atom stereocenters. The molecule has 27 heavy (non-hydrogen) atoms. The molecule has 0 atom stereocenters. The van der Waals surface area contributed by atoms with E-state index in [1.54, 1.807) is 0 Å². The second kappa shape index (κ2) is 6.41. The monoisotopic (exact) mass is 344 g/mol. The van der Waals surface area contributed by atoms with E-state index in [1.807, 2.05) is 0 Å². The molecule has 0 radical (unpaired) electrons. The third kappa shape index (κ3) is 2.62. The molecule has 5 rings (SSSR count). The van der Waals surface area contributed by atoms with E-state index < -0.39 is 0 Å². The van der Waals surface area contributed by atoms with Crippen LogP contribution in [0.2, 0.25) is 0 Å². The van der Waals surface area contributed by atoms with Crippen LogP contribution in [0.15, 0.2) is 103 Å². The average Bonchev–Trinajstić information content (AvgIpc) is 2.74. The van der Waals surface area contributed by atoms with Gasteiger partial charge in [0.05, 0.1) is 0 Å². The molecule has 128 valence electrons. The summed E-state index contributed by atoms with van der Waals surface area (Å²) >= 11 is 0. The summed E-state index contributed by atoms with van der Waals surface area (Å²) in [6.45, 7) is 2.14. The zero-order valence-electron chi connectivity index (χ0n) is 15.3. The minimum Gasteiger partial charge on any atom is -0.0622 e. The van der Waals surface area contributed by atoms with E-state index >= 15 is 0 Å². The zero-order valence-corrected chi connectivity index (χ0v) is 15.3. The fourth-order valence-corrected chi connectivity index (χ4v) is 4.07. The third-order valence-corrected chi connectivity index (χ3v) is 5.34. The highest BCUT2D eigenvalue weighted by Crippen LogP contribution is 2.44. The molecular weight excluding hydrogens is 324 g/mol. The van der Waals surface area contributed by atoms with Crippen molar-refractivity contribution in [2.24, 2.45) is 0 Å². The van der Waals surface area contributed by atoms with Crippen molar-refractivity contribution in [3.05, 3.63) is 109 Å². The first-order chi connectivity index (χ1) is 13.3. The molecule has 0 fully saturated rings. The van der Waals surface area contributed by atoms with Crippen LogP contribution in [0, 0.1) is 6.92 Å². The topological polar surface area (TPSA) is 0 Å². The van der Waals surface area contributed by atoms with Gasteiger partial charge in [0.2, 0.25) is 0 Å². The summed E-state index contributed by atoms with van der Waals surface area (Å²) in [6.07, 6.45) is 0. The summed E-state index contributed by atoms with van der Waals surface area (Å²) in [5, 5.41) is 5.23. The van der Waals surface area contributed by atoms with Crippen molar-refractivity contribution < 1.29 is 0 Å². The Balaban J connectivity index is 2.03. The molecule has 5 aromatic rings. The number of aryl methyl sites for hydroxylation is 1. The van der Waals surface area contributed by atoms with E-state index in [9.17, 15) is 0 Å². The van der Waals surface area contributed by atoms with Gasteiger partial charge in [0.1, 0.15) is 0 Å². The van der Waals surface area contributed by atoms with E-state index in [1.165, 1.54) is 49.4 Å². The van der Waals surface area contributed by atoms with Crippen molar-refractivity contribution in [1.29, 1.82) is 0 Å². The first-order valence-corrected chi connectivity index (χ1v) is 9.39. The third-order valence-electron chi connectivity index (χ3n) is 5.34. The highest BCUT2D eigenvalue weighted by Gasteiger charge is 2.16. The summed E-state index contributed by atoms with van der Waals surface area (Å²) in [4.78, 5) is 0. The molecule has 0 amide bonds. The van der Waals surface area contributed by atoms with Crippen LogP contribution in [0.1, 0.15) is 5.56 Å². The van der Waals surface area contributed by atoms with E-state index in [4.69, 9.17) is 0 Å². The molecule has 5 aromatic carbocycles. The summed E-state index contributed by atoms with van der Waals surface area (Å²) in [6, 6.07) is 37.2. The quantitative estimate of drug-likeness (QED) is 0.289. The number of fused-ring (bicyclic) bond motifs is 3. The van der Waals surface area contributed by atoms with E-state index in [0.29, 0.717) is 0 Å². The number of hydrogen-bond acceptors (Lipinski definition) is 0. The zero-order chi connectivity index (χ0) is 18.2. The van der Waals surface area contributed by atoms with Gasteiger partial charge in [-0.25, -0.2) is 0 Å². The molecule has 0 saturated heterocycles. The normalized spacial score (nSPS) is 11.1. The first-order valence-electron chi connectivity index (χ1n) is 9.39. The smallest absolute Gasteiger partial charge is 0.00203 e.